The van der Waals surface area contributed by atoms with Gasteiger partial charge in [0.25, 0.3) is 0 Å². The Balaban J connectivity index is 1.60. The molecule has 1 N–H and O–H groups in total. The van der Waals surface area contributed by atoms with Gasteiger partial charge >= 0.3 is 11.5 Å². The second kappa shape index (κ2) is 7.14. The van der Waals surface area contributed by atoms with Crippen LogP contribution in [0, 0.1) is 12.8 Å². The van der Waals surface area contributed by atoms with Crippen molar-refractivity contribution in [1.29, 1.82) is 0 Å². The van der Waals surface area contributed by atoms with Crippen molar-refractivity contribution in [2.45, 2.75) is 38.5 Å². The van der Waals surface area contributed by atoms with Gasteiger partial charge in [-0.25, -0.2) is 0 Å². The van der Waals surface area contributed by atoms with Gasteiger partial charge in [-0.1, -0.05) is 10.1 Å². The molecule has 2 aliphatic heterocycles. The molecule has 11 heteroatoms. The Kier molecular flexibility index (Phi) is 4.68. The zero-order chi connectivity index (χ0) is 19.0. The third kappa shape index (κ3) is 3.34. The van der Waals surface area contributed by atoms with Gasteiger partial charge in [0.05, 0.1) is 6.10 Å². The smallest absolute Gasteiger partial charge is 0.302 e. The Morgan fingerprint density at radius 3 is 2.85 bits per heavy atom. The predicted octanol–water partition coefficient (Wildman–Crippen LogP) is 0.0847. The molecule has 2 saturated heterocycles. The quantitative estimate of drug-likeness (QED) is 0.583. The average molecular weight is 376 g/mol. The molecule has 27 heavy (non-hydrogen) atoms. The summed E-state index contributed by atoms with van der Waals surface area (Å²) in [5.74, 6) is 0.0443. The van der Waals surface area contributed by atoms with E-state index in [9.17, 15) is 14.8 Å². The number of esters is 1. The van der Waals surface area contributed by atoms with Crippen molar-refractivity contribution in [1.82, 2.24) is 24.9 Å². The Labute approximate surface area is 154 Å². The number of ether oxygens (including phenoxy) is 2. The van der Waals surface area contributed by atoms with Crippen molar-refractivity contribution in [2.24, 2.45) is 0 Å². The standard InChI is InChI=1S/C16H20N6O5/c1-10(23)26-9-11-5-6-12(27-11)21-16(24)14-13(17-19-21)15(18-22(14)25)20-7-3-2-4-8-20/h5-6,11-12,25H,2-4,7-9H2,1H3. The summed E-state index contributed by atoms with van der Waals surface area (Å²) in [4.78, 5) is 26.3. The van der Waals surface area contributed by atoms with Gasteiger partial charge in [-0.2, -0.15) is 4.68 Å². The van der Waals surface area contributed by atoms with Crippen LogP contribution in [-0.2, 0) is 14.3 Å². The highest BCUT2D eigenvalue weighted by Crippen LogP contribution is 2.27. The molecule has 4 heterocycles. The topological polar surface area (TPSA) is 125 Å². The molecule has 4 rings (SSSR count). The number of carbonyl (C=O) groups is 1. The van der Waals surface area contributed by atoms with Crippen molar-refractivity contribution in [2.75, 3.05) is 24.6 Å². The minimum absolute atomic E-state index is 0.0454. The number of rotatable bonds is 4. The molecular weight excluding hydrogens is 356 g/mol. The van der Waals surface area contributed by atoms with Crippen molar-refractivity contribution in [3.63, 3.8) is 0 Å². The fraction of sp³-hybridized carbons (Fsp3) is 0.562. The summed E-state index contributed by atoms with van der Waals surface area (Å²) in [7, 11) is 0. The third-order valence-electron chi connectivity index (χ3n) is 4.63. The van der Waals surface area contributed by atoms with Gasteiger partial charge in [-0.3, -0.25) is 9.59 Å². The van der Waals surface area contributed by atoms with Crippen LogP contribution in [0.25, 0.3) is 11.0 Å². The largest absolute Gasteiger partial charge is 0.463 e. The molecule has 2 aliphatic rings. The first kappa shape index (κ1) is 17.7. The zero-order valence-corrected chi connectivity index (χ0v) is 14.8. The lowest BCUT2D eigenvalue weighted by molar-refractivity contribution is -0.145. The highest BCUT2D eigenvalue weighted by Gasteiger charge is 2.32. The SMILES string of the molecule is CC(=O)OCC1[CH][CH]C(n2nnc3c(N4CCCCC4)nn(O)c3c2=O)O1. The molecule has 144 valence electrons. The molecule has 2 unspecified atom stereocenters. The second-order valence-corrected chi connectivity index (χ2v) is 6.55. The van der Waals surface area contributed by atoms with Crippen LogP contribution in [0.1, 0.15) is 32.4 Å². The van der Waals surface area contributed by atoms with E-state index in [-0.39, 0.29) is 17.6 Å². The number of hydrogen-bond acceptors (Lipinski definition) is 9. The first-order valence-electron chi connectivity index (χ1n) is 8.84. The molecule has 0 saturated carbocycles. The van der Waals surface area contributed by atoms with E-state index in [1.54, 1.807) is 12.8 Å². The average Bonchev–Trinajstić information content (AvgIpc) is 3.26. The molecule has 0 bridgehead atoms. The summed E-state index contributed by atoms with van der Waals surface area (Å²) in [6.45, 7) is 2.94. The molecule has 2 atom stereocenters. The van der Waals surface area contributed by atoms with Crippen LogP contribution in [0.3, 0.4) is 0 Å². The lowest BCUT2D eigenvalue weighted by atomic mass is 10.1. The number of aromatic nitrogens is 5. The van der Waals surface area contributed by atoms with Gasteiger partial charge < -0.3 is 19.6 Å². The normalized spacial score (nSPS) is 23.1. The monoisotopic (exact) mass is 376 g/mol. The van der Waals surface area contributed by atoms with E-state index in [4.69, 9.17) is 9.47 Å². The molecular formula is C16H20N6O5. The van der Waals surface area contributed by atoms with E-state index < -0.39 is 23.9 Å². The Bertz CT molecular complexity index is 903. The van der Waals surface area contributed by atoms with Crippen LogP contribution in [0.15, 0.2) is 4.79 Å². The van der Waals surface area contributed by atoms with Crippen LogP contribution >= 0.6 is 0 Å². The van der Waals surface area contributed by atoms with E-state index in [1.165, 1.54) is 6.92 Å². The van der Waals surface area contributed by atoms with Crippen molar-refractivity contribution >= 4 is 22.8 Å². The van der Waals surface area contributed by atoms with E-state index in [0.717, 1.165) is 37.0 Å². The summed E-state index contributed by atoms with van der Waals surface area (Å²) < 4.78 is 11.6. The van der Waals surface area contributed by atoms with E-state index in [0.29, 0.717) is 10.7 Å². The number of fused-ring (bicyclic) bond motifs is 1. The molecule has 0 aromatic carbocycles. The van der Waals surface area contributed by atoms with Crippen molar-refractivity contribution in [3.05, 3.63) is 23.2 Å². The Morgan fingerprint density at radius 2 is 2.11 bits per heavy atom. The summed E-state index contributed by atoms with van der Waals surface area (Å²) in [5, 5.41) is 22.3. The number of carbonyl (C=O) groups excluding carboxylic acids is 1. The molecule has 2 radical (unpaired) electrons. The number of piperidine rings is 1. The third-order valence-corrected chi connectivity index (χ3v) is 4.63. The van der Waals surface area contributed by atoms with Gasteiger partial charge in [0.15, 0.2) is 23.1 Å². The van der Waals surface area contributed by atoms with E-state index in [2.05, 4.69) is 15.4 Å². The minimum atomic E-state index is -0.803. The molecule has 0 amide bonds. The highest BCUT2D eigenvalue weighted by molar-refractivity contribution is 5.85. The summed E-state index contributed by atoms with van der Waals surface area (Å²) >= 11 is 0. The van der Waals surface area contributed by atoms with Crippen LogP contribution in [0.5, 0.6) is 0 Å². The first-order valence-corrected chi connectivity index (χ1v) is 8.84. The summed E-state index contributed by atoms with van der Waals surface area (Å²) in [6, 6.07) is 0. The molecule has 0 spiro atoms. The first-order chi connectivity index (χ1) is 13.0. The minimum Gasteiger partial charge on any atom is -0.463 e. The zero-order valence-electron chi connectivity index (χ0n) is 14.8. The summed E-state index contributed by atoms with van der Waals surface area (Å²) in [5.41, 5.74) is -0.355. The molecule has 2 aromatic rings. The fourth-order valence-corrected chi connectivity index (χ4v) is 3.32. The van der Waals surface area contributed by atoms with Crippen molar-refractivity contribution < 1.29 is 19.5 Å². The van der Waals surface area contributed by atoms with Crippen molar-refractivity contribution in [3.8, 4) is 0 Å². The Hall–Kier alpha value is -2.69. The van der Waals surface area contributed by atoms with Gasteiger partial charge in [0.2, 0.25) is 0 Å². The lowest BCUT2D eigenvalue weighted by Gasteiger charge is -2.26. The molecule has 11 nitrogen and oxygen atoms in total. The van der Waals surface area contributed by atoms with Crippen LogP contribution in [0.4, 0.5) is 5.82 Å². The van der Waals surface area contributed by atoms with Crippen LogP contribution in [0.2, 0.25) is 0 Å². The maximum absolute atomic E-state index is 12.8. The predicted molar refractivity (Wildman–Crippen MR) is 92.0 cm³/mol. The molecule has 0 aliphatic carbocycles. The molecule has 2 aromatic heterocycles. The lowest BCUT2D eigenvalue weighted by Crippen LogP contribution is -2.31. The second-order valence-electron chi connectivity index (χ2n) is 6.55. The number of hydrogen-bond donors (Lipinski definition) is 1. The van der Waals surface area contributed by atoms with Crippen LogP contribution < -0.4 is 10.5 Å². The van der Waals surface area contributed by atoms with Gasteiger partial charge in [-0.15, -0.1) is 10.2 Å². The van der Waals surface area contributed by atoms with Gasteiger partial charge in [-0.05, 0) is 19.3 Å². The van der Waals surface area contributed by atoms with Crippen LogP contribution in [-0.4, -0.2) is 61.9 Å². The fourth-order valence-electron chi connectivity index (χ4n) is 3.32. The van der Waals surface area contributed by atoms with Gasteiger partial charge in [0, 0.05) is 32.9 Å². The molecule has 2 fully saturated rings. The van der Waals surface area contributed by atoms with E-state index >= 15 is 0 Å². The highest BCUT2D eigenvalue weighted by atomic mass is 16.6. The van der Waals surface area contributed by atoms with Gasteiger partial charge in [0.1, 0.15) is 6.61 Å². The Morgan fingerprint density at radius 1 is 1.33 bits per heavy atom. The maximum Gasteiger partial charge on any atom is 0.302 e. The van der Waals surface area contributed by atoms with E-state index in [1.807, 2.05) is 4.90 Å². The number of nitrogens with zero attached hydrogens (tertiary/aromatic N) is 6. The maximum atomic E-state index is 12.8. The number of anilines is 1. The summed E-state index contributed by atoms with van der Waals surface area (Å²) in [6.07, 6.45) is 5.21.